The van der Waals surface area contributed by atoms with Gasteiger partial charge in [-0.15, -0.1) is 0 Å². The van der Waals surface area contributed by atoms with Gasteiger partial charge in [-0.05, 0) is 18.6 Å². The molecule has 0 radical (unpaired) electrons. The summed E-state index contributed by atoms with van der Waals surface area (Å²) in [7, 11) is 0. The summed E-state index contributed by atoms with van der Waals surface area (Å²) >= 11 is 0. The van der Waals surface area contributed by atoms with Gasteiger partial charge in [-0.2, -0.15) is 0 Å². The SMILES string of the molecule is CCCCCCCCNc1cccc(OC(=O)O)c1O. The van der Waals surface area contributed by atoms with Gasteiger partial charge < -0.3 is 20.3 Å². The van der Waals surface area contributed by atoms with Gasteiger partial charge in [0.15, 0.2) is 11.5 Å². The summed E-state index contributed by atoms with van der Waals surface area (Å²) in [6.45, 7) is 2.94. The van der Waals surface area contributed by atoms with Crippen LogP contribution in [0, 0.1) is 0 Å². The van der Waals surface area contributed by atoms with Crippen molar-refractivity contribution in [1.82, 2.24) is 0 Å². The van der Waals surface area contributed by atoms with Crippen molar-refractivity contribution in [2.75, 3.05) is 11.9 Å². The number of anilines is 1. The average molecular weight is 281 g/mol. The molecule has 112 valence electrons. The molecular formula is C15H23NO4. The Labute approximate surface area is 119 Å². The quantitative estimate of drug-likeness (QED) is 0.273. The summed E-state index contributed by atoms with van der Waals surface area (Å²) in [6, 6.07) is 4.75. The number of phenols is 1. The highest BCUT2D eigenvalue weighted by atomic mass is 16.7. The maximum absolute atomic E-state index is 10.5. The van der Waals surface area contributed by atoms with Crippen molar-refractivity contribution in [3.8, 4) is 11.5 Å². The van der Waals surface area contributed by atoms with Crippen LogP contribution < -0.4 is 10.1 Å². The Bertz CT molecular complexity index is 420. The van der Waals surface area contributed by atoms with Gasteiger partial charge in [-0.1, -0.05) is 45.1 Å². The smallest absolute Gasteiger partial charge is 0.503 e. The number of rotatable bonds is 9. The second-order valence-electron chi connectivity index (χ2n) is 4.71. The number of phenolic OH excluding ortho intramolecular Hbond substituents is 1. The van der Waals surface area contributed by atoms with Crippen LogP contribution in [0.5, 0.6) is 11.5 Å². The molecule has 0 aliphatic carbocycles. The second kappa shape index (κ2) is 9.07. The molecule has 1 aromatic rings. The number of carboxylic acid groups (broad SMARTS) is 1. The van der Waals surface area contributed by atoms with Crippen LogP contribution in [0.1, 0.15) is 45.4 Å². The topological polar surface area (TPSA) is 78.8 Å². The predicted octanol–water partition coefficient (Wildman–Crippen LogP) is 4.22. The molecule has 5 heteroatoms. The molecule has 0 saturated carbocycles. The fourth-order valence-electron chi connectivity index (χ4n) is 1.97. The minimum Gasteiger partial charge on any atom is -0.503 e. The molecule has 0 aliphatic rings. The standard InChI is InChI=1S/C15H23NO4/c1-2-3-4-5-6-7-11-16-12-9-8-10-13(14(12)17)20-15(18)19/h8-10,16-17H,2-7,11H2,1H3,(H,18,19). The number of para-hydroxylation sites is 1. The zero-order chi connectivity index (χ0) is 14.8. The van der Waals surface area contributed by atoms with E-state index in [1.165, 1.54) is 31.7 Å². The Hall–Kier alpha value is -1.91. The largest absolute Gasteiger partial charge is 0.511 e. The van der Waals surface area contributed by atoms with Crippen LogP contribution in [0.4, 0.5) is 10.5 Å². The third-order valence-corrected chi connectivity index (χ3v) is 3.04. The Morgan fingerprint density at radius 2 is 1.90 bits per heavy atom. The van der Waals surface area contributed by atoms with E-state index >= 15 is 0 Å². The van der Waals surface area contributed by atoms with E-state index in [0.717, 1.165) is 19.4 Å². The summed E-state index contributed by atoms with van der Waals surface area (Å²) in [5.74, 6) is -0.216. The minimum atomic E-state index is -1.44. The summed E-state index contributed by atoms with van der Waals surface area (Å²) in [5, 5.41) is 21.5. The van der Waals surface area contributed by atoms with Gasteiger partial charge in [0.2, 0.25) is 0 Å². The van der Waals surface area contributed by atoms with Crippen molar-refractivity contribution in [2.45, 2.75) is 45.4 Å². The lowest BCUT2D eigenvalue weighted by Crippen LogP contribution is -2.05. The third kappa shape index (κ3) is 5.82. The van der Waals surface area contributed by atoms with E-state index in [1.807, 2.05) is 0 Å². The summed E-state index contributed by atoms with van der Waals surface area (Å²) in [4.78, 5) is 10.5. The highest BCUT2D eigenvalue weighted by molar-refractivity contribution is 5.68. The van der Waals surface area contributed by atoms with Crippen LogP contribution in [0.2, 0.25) is 0 Å². The van der Waals surface area contributed by atoms with E-state index in [2.05, 4.69) is 17.0 Å². The number of carbonyl (C=O) groups is 1. The van der Waals surface area contributed by atoms with Gasteiger partial charge in [0.05, 0.1) is 5.69 Å². The van der Waals surface area contributed by atoms with Gasteiger partial charge in [0.1, 0.15) is 0 Å². The van der Waals surface area contributed by atoms with Crippen LogP contribution in [-0.2, 0) is 0 Å². The van der Waals surface area contributed by atoms with Crippen LogP contribution in [-0.4, -0.2) is 22.9 Å². The van der Waals surface area contributed by atoms with E-state index in [1.54, 1.807) is 12.1 Å². The number of unbranched alkanes of at least 4 members (excludes halogenated alkanes) is 5. The number of hydrogen-bond acceptors (Lipinski definition) is 4. The number of aromatic hydroxyl groups is 1. The monoisotopic (exact) mass is 281 g/mol. The Morgan fingerprint density at radius 3 is 2.60 bits per heavy atom. The fraction of sp³-hybridized carbons (Fsp3) is 0.533. The molecule has 0 fully saturated rings. The zero-order valence-electron chi connectivity index (χ0n) is 11.9. The van der Waals surface area contributed by atoms with Gasteiger partial charge in [-0.25, -0.2) is 4.79 Å². The lowest BCUT2D eigenvalue weighted by molar-refractivity contribution is 0.143. The molecule has 0 amide bonds. The van der Waals surface area contributed by atoms with Crippen LogP contribution in [0.15, 0.2) is 18.2 Å². The molecule has 5 nitrogen and oxygen atoms in total. The molecule has 1 aromatic carbocycles. The molecule has 20 heavy (non-hydrogen) atoms. The van der Waals surface area contributed by atoms with Crippen molar-refractivity contribution in [1.29, 1.82) is 0 Å². The minimum absolute atomic E-state index is 0.0505. The molecule has 3 N–H and O–H groups in total. The number of benzene rings is 1. The molecule has 0 saturated heterocycles. The van der Waals surface area contributed by atoms with Crippen molar-refractivity contribution in [3.63, 3.8) is 0 Å². The van der Waals surface area contributed by atoms with Gasteiger partial charge in [0, 0.05) is 6.54 Å². The number of nitrogens with one attached hydrogen (secondary N) is 1. The van der Waals surface area contributed by atoms with E-state index in [9.17, 15) is 9.90 Å². The van der Waals surface area contributed by atoms with Gasteiger partial charge in [0.25, 0.3) is 0 Å². The van der Waals surface area contributed by atoms with E-state index < -0.39 is 6.16 Å². The fourth-order valence-corrected chi connectivity index (χ4v) is 1.97. The molecule has 1 rings (SSSR count). The van der Waals surface area contributed by atoms with E-state index in [4.69, 9.17) is 5.11 Å². The van der Waals surface area contributed by atoms with E-state index in [-0.39, 0.29) is 11.5 Å². The summed E-state index contributed by atoms with van der Waals surface area (Å²) in [6.07, 6.45) is 5.75. The first-order valence-electron chi connectivity index (χ1n) is 7.11. The maximum atomic E-state index is 10.5. The molecular weight excluding hydrogens is 258 g/mol. The Kier molecular flexibility index (Phi) is 7.32. The maximum Gasteiger partial charge on any atom is 0.511 e. The molecule has 0 aliphatic heterocycles. The van der Waals surface area contributed by atoms with Crippen molar-refractivity contribution >= 4 is 11.8 Å². The Morgan fingerprint density at radius 1 is 1.20 bits per heavy atom. The van der Waals surface area contributed by atoms with Crippen LogP contribution in [0.25, 0.3) is 0 Å². The molecule has 0 atom stereocenters. The predicted molar refractivity (Wildman–Crippen MR) is 78.6 cm³/mol. The van der Waals surface area contributed by atoms with Crippen molar-refractivity contribution in [3.05, 3.63) is 18.2 Å². The zero-order valence-corrected chi connectivity index (χ0v) is 11.9. The number of hydrogen-bond donors (Lipinski definition) is 3. The van der Waals surface area contributed by atoms with Gasteiger partial charge >= 0.3 is 6.16 Å². The average Bonchev–Trinajstić information content (AvgIpc) is 2.41. The molecule has 0 aromatic heterocycles. The first kappa shape index (κ1) is 16.1. The molecule has 0 spiro atoms. The van der Waals surface area contributed by atoms with Crippen LogP contribution in [0.3, 0.4) is 0 Å². The summed E-state index contributed by atoms with van der Waals surface area (Å²) in [5.41, 5.74) is 0.498. The molecule has 0 bridgehead atoms. The lowest BCUT2D eigenvalue weighted by atomic mass is 10.1. The molecule has 0 heterocycles. The van der Waals surface area contributed by atoms with E-state index in [0.29, 0.717) is 5.69 Å². The van der Waals surface area contributed by atoms with Crippen LogP contribution >= 0.6 is 0 Å². The number of ether oxygens (including phenoxy) is 1. The first-order chi connectivity index (χ1) is 9.65. The third-order valence-electron chi connectivity index (χ3n) is 3.04. The van der Waals surface area contributed by atoms with Crippen molar-refractivity contribution < 1.29 is 19.7 Å². The highest BCUT2D eigenvalue weighted by Crippen LogP contribution is 2.33. The lowest BCUT2D eigenvalue weighted by Gasteiger charge is -2.10. The summed E-state index contributed by atoms with van der Waals surface area (Å²) < 4.78 is 4.48. The Balaban J connectivity index is 2.35. The molecule has 0 unspecified atom stereocenters. The normalized spacial score (nSPS) is 10.2. The second-order valence-corrected chi connectivity index (χ2v) is 4.71. The first-order valence-corrected chi connectivity index (χ1v) is 7.11. The van der Waals surface area contributed by atoms with Gasteiger partial charge in [-0.3, -0.25) is 0 Å². The highest BCUT2D eigenvalue weighted by Gasteiger charge is 2.10. The van der Waals surface area contributed by atoms with Crippen molar-refractivity contribution in [2.24, 2.45) is 0 Å².